The number of aromatic nitrogens is 2. The third-order valence-corrected chi connectivity index (χ3v) is 8.31. The highest BCUT2D eigenvalue weighted by Gasteiger charge is 2.38. The summed E-state index contributed by atoms with van der Waals surface area (Å²) in [6, 6.07) is 6.53. The summed E-state index contributed by atoms with van der Waals surface area (Å²) in [5.41, 5.74) is 4.48. The Kier molecular flexibility index (Phi) is 8.35. The topological polar surface area (TPSA) is 91.3 Å². The molecule has 5 rings (SSSR count). The van der Waals surface area contributed by atoms with Crippen molar-refractivity contribution < 1.29 is 23.0 Å². The average Bonchev–Trinajstić information content (AvgIpc) is 2.90. The van der Waals surface area contributed by atoms with Gasteiger partial charge in [0.1, 0.15) is 11.6 Å². The first kappa shape index (κ1) is 28.1. The number of aryl methyl sites for hydroxylation is 2. The molecule has 2 atom stereocenters. The molecule has 0 radical (unpaired) electrons. The standard InChI is InChI=1S/C29H40F3N5O2/c1-28(2)14-18(11-12-39-28)15-34-25-10-5-19-3-4-20-16-35-26(13-23(20)27(19)37-25)36-22-8-6-21(7-9-22)33-17-24(38)29(30,31)32/h5,10,13,16,18,21-22,24,33,38H,3-4,6-9,11-12,14-15,17H2,1-2H3,(H,34,37)(H,35,36)/t18?,21?,22?,24-/m0/s1. The van der Waals surface area contributed by atoms with Crippen molar-refractivity contribution in [2.45, 2.75) is 95.2 Å². The second-order valence-corrected chi connectivity index (χ2v) is 11.9. The molecule has 0 amide bonds. The van der Waals surface area contributed by atoms with Crippen LogP contribution in [0.3, 0.4) is 0 Å². The number of anilines is 2. The molecule has 3 aliphatic rings. The van der Waals surface area contributed by atoms with Crippen molar-refractivity contribution >= 4 is 11.6 Å². The normalized spacial score (nSPS) is 25.3. The summed E-state index contributed by atoms with van der Waals surface area (Å²) in [5.74, 6) is 2.24. The monoisotopic (exact) mass is 547 g/mol. The van der Waals surface area contributed by atoms with Crippen molar-refractivity contribution in [2.75, 3.05) is 30.3 Å². The van der Waals surface area contributed by atoms with E-state index in [1.807, 2.05) is 6.20 Å². The van der Waals surface area contributed by atoms with Gasteiger partial charge in [0.2, 0.25) is 0 Å². The van der Waals surface area contributed by atoms with Crippen LogP contribution < -0.4 is 16.0 Å². The molecule has 1 unspecified atom stereocenters. The van der Waals surface area contributed by atoms with Gasteiger partial charge in [-0.25, -0.2) is 9.97 Å². The molecule has 1 aliphatic heterocycles. The lowest BCUT2D eigenvalue weighted by molar-refractivity contribution is -0.202. The fourth-order valence-corrected chi connectivity index (χ4v) is 6.10. The van der Waals surface area contributed by atoms with E-state index in [9.17, 15) is 18.3 Å². The minimum Gasteiger partial charge on any atom is -0.382 e. The number of nitrogens with zero attached hydrogens (tertiary/aromatic N) is 2. The quantitative estimate of drug-likeness (QED) is 0.366. The fourth-order valence-electron chi connectivity index (χ4n) is 6.10. The van der Waals surface area contributed by atoms with Crippen LogP contribution in [0, 0.1) is 5.92 Å². The lowest BCUT2D eigenvalue weighted by Gasteiger charge is -2.35. The number of aliphatic hydroxyl groups is 1. The van der Waals surface area contributed by atoms with Crippen LogP contribution in [0.25, 0.3) is 11.3 Å². The largest absolute Gasteiger partial charge is 0.415 e. The summed E-state index contributed by atoms with van der Waals surface area (Å²) in [6.45, 7) is 5.52. The smallest absolute Gasteiger partial charge is 0.382 e. The molecule has 0 spiro atoms. The highest BCUT2D eigenvalue weighted by Crippen LogP contribution is 2.35. The zero-order valence-corrected chi connectivity index (χ0v) is 22.8. The molecular weight excluding hydrogens is 507 g/mol. The maximum atomic E-state index is 12.6. The van der Waals surface area contributed by atoms with E-state index in [4.69, 9.17) is 9.72 Å². The number of aliphatic hydroxyl groups excluding tert-OH is 1. The van der Waals surface area contributed by atoms with E-state index in [-0.39, 0.29) is 17.7 Å². The van der Waals surface area contributed by atoms with Gasteiger partial charge in [-0.3, -0.25) is 0 Å². The number of rotatable bonds is 8. The maximum absolute atomic E-state index is 12.6. The molecule has 10 heteroatoms. The highest BCUT2D eigenvalue weighted by atomic mass is 19.4. The Morgan fingerprint density at radius 3 is 2.54 bits per heavy atom. The molecule has 0 aromatic carbocycles. The Morgan fingerprint density at radius 1 is 1.05 bits per heavy atom. The lowest BCUT2D eigenvalue weighted by Crippen LogP contribution is -2.44. The molecule has 4 N–H and O–H groups in total. The first-order valence-corrected chi connectivity index (χ1v) is 14.2. The van der Waals surface area contributed by atoms with E-state index in [2.05, 4.69) is 53.0 Å². The molecule has 7 nitrogen and oxygen atoms in total. The van der Waals surface area contributed by atoms with E-state index < -0.39 is 18.8 Å². The Bertz CT molecular complexity index is 1130. The molecular formula is C29H40F3N5O2. The zero-order valence-electron chi connectivity index (χ0n) is 22.8. The molecule has 214 valence electrons. The number of fused-ring (bicyclic) bond motifs is 3. The van der Waals surface area contributed by atoms with Crippen molar-refractivity contribution in [2.24, 2.45) is 5.92 Å². The van der Waals surface area contributed by atoms with Crippen molar-refractivity contribution in [3.63, 3.8) is 0 Å². The Labute approximate surface area is 228 Å². The molecule has 39 heavy (non-hydrogen) atoms. The van der Waals surface area contributed by atoms with Crippen LogP contribution in [0.2, 0.25) is 0 Å². The lowest BCUT2D eigenvalue weighted by atomic mass is 9.88. The van der Waals surface area contributed by atoms with E-state index in [0.717, 1.165) is 87.4 Å². The van der Waals surface area contributed by atoms with Gasteiger partial charge in [0.15, 0.2) is 6.10 Å². The van der Waals surface area contributed by atoms with E-state index >= 15 is 0 Å². The van der Waals surface area contributed by atoms with Crippen LogP contribution in [0.5, 0.6) is 0 Å². The maximum Gasteiger partial charge on any atom is 0.415 e. The Morgan fingerprint density at radius 2 is 1.79 bits per heavy atom. The molecule has 2 aliphatic carbocycles. The third kappa shape index (κ3) is 7.21. The third-order valence-electron chi connectivity index (χ3n) is 8.31. The number of nitrogens with one attached hydrogen (secondary N) is 3. The van der Waals surface area contributed by atoms with Gasteiger partial charge in [-0.15, -0.1) is 0 Å². The molecule has 0 bridgehead atoms. The fraction of sp³-hybridized carbons (Fsp3) is 0.655. The predicted molar refractivity (Wildman–Crippen MR) is 146 cm³/mol. The number of ether oxygens (including phenoxy) is 1. The van der Waals surface area contributed by atoms with Crippen LogP contribution in [0.1, 0.15) is 63.5 Å². The second kappa shape index (κ2) is 11.6. The van der Waals surface area contributed by atoms with Gasteiger partial charge in [-0.1, -0.05) is 6.07 Å². The number of halogens is 3. The van der Waals surface area contributed by atoms with Gasteiger partial charge in [-0.05, 0) is 94.4 Å². The van der Waals surface area contributed by atoms with Gasteiger partial charge >= 0.3 is 6.18 Å². The van der Waals surface area contributed by atoms with Gasteiger partial charge in [0.25, 0.3) is 0 Å². The molecule has 3 heterocycles. The van der Waals surface area contributed by atoms with Crippen molar-refractivity contribution in [1.82, 2.24) is 15.3 Å². The van der Waals surface area contributed by atoms with Gasteiger partial charge in [0.05, 0.1) is 11.3 Å². The van der Waals surface area contributed by atoms with Gasteiger partial charge in [0, 0.05) is 43.5 Å². The second-order valence-electron chi connectivity index (χ2n) is 11.9. The summed E-state index contributed by atoms with van der Waals surface area (Å²) in [4.78, 5) is 9.68. The molecule has 1 saturated carbocycles. The van der Waals surface area contributed by atoms with Crippen molar-refractivity contribution in [1.29, 1.82) is 0 Å². The number of pyridine rings is 2. The molecule has 2 fully saturated rings. The first-order valence-electron chi connectivity index (χ1n) is 14.2. The van der Waals surface area contributed by atoms with Crippen LogP contribution >= 0.6 is 0 Å². The molecule has 1 saturated heterocycles. The van der Waals surface area contributed by atoms with Crippen LogP contribution in [0.15, 0.2) is 24.4 Å². The van der Waals surface area contributed by atoms with Crippen LogP contribution in [-0.4, -0.2) is 64.7 Å². The summed E-state index contributed by atoms with van der Waals surface area (Å²) < 4.78 is 43.6. The van der Waals surface area contributed by atoms with Crippen molar-refractivity contribution in [3.8, 4) is 11.3 Å². The average molecular weight is 548 g/mol. The number of hydrogen-bond acceptors (Lipinski definition) is 7. The Balaban J connectivity index is 1.19. The van der Waals surface area contributed by atoms with E-state index in [1.54, 1.807) is 0 Å². The summed E-state index contributed by atoms with van der Waals surface area (Å²) >= 11 is 0. The zero-order chi connectivity index (χ0) is 27.6. The number of alkyl halides is 3. The van der Waals surface area contributed by atoms with Crippen LogP contribution in [-0.2, 0) is 17.6 Å². The SMILES string of the molecule is CC1(C)CC(CNc2ccc3c(n2)-c2cc(NC4CCC(NC[C@H](O)C(F)(F)F)CC4)ncc2CC3)CCO1. The summed E-state index contributed by atoms with van der Waals surface area (Å²) in [6.07, 6.45) is 2.13. The van der Waals surface area contributed by atoms with Gasteiger partial charge < -0.3 is 25.8 Å². The highest BCUT2D eigenvalue weighted by molar-refractivity contribution is 5.73. The van der Waals surface area contributed by atoms with E-state index in [0.29, 0.717) is 5.92 Å². The number of hydrogen-bond donors (Lipinski definition) is 4. The minimum absolute atomic E-state index is 0.0225. The predicted octanol–water partition coefficient (Wildman–Crippen LogP) is 5.10. The molecule has 2 aromatic heterocycles. The van der Waals surface area contributed by atoms with Crippen molar-refractivity contribution in [3.05, 3.63) is 35.5 Å². The molecule has 2 aromatic rings. The summed E-state index contributed by atoms with van der Waals surface area (Å²) in [7, 11) is 0. The Hall–Kier alpha value is -2.43. The van der Waals surface area contributed by atoms with E-state index in [1.165, 1.54) is 11.1 Å². The van der Waals surface area contributed by atoms with Gasteiger partial charge in [-0.2, -0.15) is 13.2 Å². The van der Waals surface area contributed by atoms with Crippen LogP contribution in [0.4, 0.5) is 24.8 Å². The first-order chi connectivity index (χ1) is 18.6. The minimum atomic E-state index is -4.59. The summed E-state index contributed by atoms with van der Waals surface area (Å²) in [5, 5.41) is 19.2.